The summed E-state index contributed by atoms with van der Waals surface area (Å²) in [6.45, 7) is 4.19. The van der Waals surface area contributed by atoms with Crippen LogP contribution in [0.5, 0.6) is 0 Å². The Morgan fingerprint density at radius 1 is 1.50 bits per heavy atom. The summed E-state index contributed by atoms with van der Waals surface area (Å²) >= 11 is 0. The molecule has 0 fully saturated rings. The molecule has 5 nitrogen and oxygen atoms in total. The first-order chi connectivity index (χ1) is 7.74. The van der Waals surface area contributed by atoms with Crippen molar-refractivity contribution in [2.24, 2.45) is 5.73 Å². The van der Waals surface area contributed by atoms with Crippen LogP contribution < -0.4 is 11.1 Å². The van der Waals surface area contributed by atoms with Crippen molar-refractivity contribution in [3.63, 3.8) is 0 Å². The molecule has 0 saturated heterocycles. The monoisotopic (exact) mass is 232 g/mol. The minimum atomic E-state index is -0.162. The van der Waals surface area contributed by atoms with Crippen LogP contribution in [0.1, 0.15) is 26.2 Å². The molecule has 0 aliphatic rings. The predicted molar refractivity (Wildman–Crippen MR) is 63.2 cm³/mol. The highest BCUT2D eigenvalue weighted by Crippen LogP contribution is 1.97. The molecule has 0 saturated carbocycles. The molecule has 0 aliphatic carbocycles. The third kappa shape index (κ3) is 8.64. The molecule has 0 amide bonds. The van der Waals surface area contributed by atoms with Crippen LogP contribution in [0.25, 0.3) is 0 Å². The van der Waals surface area contributed by atoms with E-state index in [1.54, 1.807) is 14.0 Å². The van der Waals surface area contributed by atoms with Gasteiger partial charge in [-0.25, -0.2) is 0 Å². The third-order valence-corrected chi connectivity index (χ3v) is 2.19. The van der Waals surface area contributed by atoms with E-state index in [0.717, 1.165) is 12.8 Å². The van der Waals surface area contributed by atoms with Crippen LogP contribution in [0.4, 0.5) is 0 Å². The fourth-order valence-corrected chi connectivity index (χ4v) is 1.42. The van der Waals surface area contributed by atoms with Gasteiger partial charge in [-0.2, -0.15) is 0 Å². The summed E-state index contributed by atoms with van der Waals surface area (Å²) < 4.78 is 9.92. The van der Waals surface area contributed by atoms with Gasteiger partial charge in [0.2, 0.25) is 0 Å². The van der Waals surface area contributed by atoms with Crippen LogP contribution in [0.3, 0.4) is 0 Å². The minimum Gasteiger partial charge on any atom is -0.466 e. The lowest BCUT2D eigenvalue weighted by Crippen LogP contribution is -2.35. The summed E-state index contributed by atoms with van der Waals surface area (Å²) in [5.74, 6) is -0.162. The summed E-state index contributed by atoms with van der Waals surface area (Å²) in [5.41, 5.74) is 5.45. The molecule has 0 radical (unpaired) electrons. The number of carbonyl (C=O) groups is 1. The van der Waals surface area contributed by atoms with Crippen LogP contribution in [0, 0.1) is 0 Å². The first-order valence-corrected chi connectivity index (χ1v) is 5.82. The van der Waals surface area contributed by atoms with Crippen LogP contribution in [-0.2, 0) is 14.3 Å². The topological polar surface area (TPSA) is 73.6 Å². The van der Waals surface area contributed by atoms with Gasteiger partial charge in [0.1, 0.15) is 0 Å². The van der Waals surface area contributed by atoms with E-state index >= 15 is 0 Å². The molecule has 5 heteroatoms. The first kappa shape index (κ1) is 15.3. The first-order valence-electron chi connectivity index (χ1n) is 5.82. The number of nitrogens with two attached hydrogens (primary N) is 1. The van der Waals surface area contributed by atoms with Crippen molar-refractivity contribution in [2.75, 3.05) is 33.4 Å². The normalized spacial score (nSPS) is 12.4. The maximum atomic E-state index is 11.1. The van der Waals surface area contributed by atoms with E-state index in [0.29, 0.717) is 32.7 Å². The van der Waals surface area contributed by atoms with Crippen molar-refractivity contribution in [3.8, 4) is 0 Å². The maximum Gasteiger partial charge on any atom is 0.307 e. The number of carbonyl (C=O) groups excluding carboxylic acids is 1. The highest BCUT2D eigenvalue weighted by Gasteiger charge is 2.08. The summed E-state index contributed by atoms with van der Waals surface area (Å²) in [7, 11) is 1.67. The zero-order valence-corrected chi connectivity index (χ0v) is 10.3. The van der Waals surface area contributed by atoms with Gasteiger partial charge in [-0.1, -0.05) is 0 Å². The molecule has 0 rings (SSSR count). The number of nitrogens with one attached hydrogen (secondary N) is 1. The second-order valence-electron chi connectivity index (χ2n) is 3.59. The zero-order valence-electron chi connectivity index (χ0n) is 10.3. The largest absolute Gasteiger partial charge is 0.466 e. The fourth-order valence-electron chi connectivity index (χ4n) is 1.42. The van der Waals surface area contributed by atoms with E-state index in [1.165, 1.54) is 0 Å². The van der Waals surface area contributed by atoms with Gasteiger partial charge in [-0.3, -0.25) is 4.79 Å². The lowest BCUT2D eigenvalue weighted by atomic mass is 10.1. The Hall–Kier alpha value is -0.650. The van der Waals surface area contributed by atoms with Gasteiger partial charge >= 0.3 is 5.97 Å². The minimum absolute atomic E-state index is 0.162. The number of rotatable bonds is 10. The molecule has 0 heterocycles. The molecule has 0 aliphatic heterocycles. The van der Waals surface area contributed by atoms with Crippen molar-refractivity contribution >= 4 is 5.97 Å². The van der Waals surface area contributed by atoms with Crippen LogP contribution in [-0.4, -0.2) is 45.4 Å². The van der Waals surface area contributed by atoms with Gasteiger partial charge in [-0.05, 0) is 26.3 Å². The van der Waals surface area contributed by atoms with E-state index < -0.39 is 0 Å². The van der Waals surface area contributed by atoms with Gasteiger partial charge in [0.05, 0.1) is 19.6 Å². The third-order valence-electron chi connectivity index (χ3n) is 2.19. The molecule has 96 valence electrons. The molecule has 0 aromatic carbocycles. The van der Waals surface area contributed by atoms with Gasteiger partial charge in [-0.15, -0.1) is 0 Å². The Labute approximate surface area is 97.7 Å². The van der Waals surface area contributed by atoms with Crippen molar-refractivity contribution in [1.29, 1.82) is 0 Å². The molecule has 1 unspecified atom stereocenters. The van der Waals surface area contributed by atoms with Gasteiger partial charge in [0.25, 0.3) is 0 Å². The number of hydrogen-bond donors (Lipinski definition) is 2. The Morgan fingerprint density at radius 3 is 2.81 bits per heavy atom. The van der Waals surface area contributed by atoms with Crippen LogP contribution >= 0.6 is 0 Å². The lowest BCUT2D eigenvalue weighted by Gasteiger charge is -2.17. The fraction of sp³-hybridized carbons (Fsp3) is 0.909. The molecular weight excluding hydrogens is 208 g/mol. The average Bonchev–Trinajstić information content (AvgIpc) is 2.26. The summed E-state index contributed by atoms with van der Waals surface area (Å²) in [5, 5.41) is 3.26. The van der Waals surface area contributed by atoms with Crippen LogP contribution in [0.2, 0.25) is 0 Å². The number of esters is 1. The second-order valence-corrected chi connectivity index (χ2v) is 3.59. The van der Waals surface area contributed by atoms with Crippen molar-refractivity contribution in [3.05, 3.63) is 0 Å². The SMILES string of the molecule is CCOC(=O)CCNC(CCCN)COC. The molecule has 16 heavy (non-hydrogen) atoms. The molecular formula is C11H24N2O3. The summed E-state index contributed by atoms with van der Waals surface area (Å²) in [6.07, 6.45) is 2.32. The van der Waals surface area contributed by atoms with Crippen molar-refractivity contribution in [1.82, 2.24) is 5.32 Å². The van der Waals surface area contributed by atoms with Gasteiger partial charge < -0.3 is 20.5 Å². The lowest BCUT2D eigenvalue weighted by molar-refractivity contribution is -0.143. The Kier molecular flexibility index (Phi) is 10.4. The molecule has 0 aromatic rings. The quantitative estimate of drug-likeness (QED) is 0.529. The van der Waals surface area contributed by atoms with E-state index in [4.69, 9.17) is 15.2 Å². The highest BCUT2D eigenvalue weighted by molar-refractivity contribution is 5.69. The summed E-state index contributed by atoms with van der Waals surface area (Å²) in [6, 6.07) is 0.267. The van der Waals surface area contributed by atoms with E-state index in [1.807, 2.05) is 0 Å². The molecule has 0 bridgehead atoms. The van der Waals surface area contributed by atoms with E-state index in [-0.39, 0.29) is 12.0 Å². The van der Waals surface area contributed by atoms with Crippen LogP contribution in [0.15, 0.2) is 0 Å². The molecule has 0 spiro atoms. The highest BCUT2D eigenvalue weighted by atomic mass is 16.5. The summed E-state index contributed by atoms with van der Waals surface area (Å²) in [4.78, 5) is 11.1. The predicted octanol–water partition coefficient (Wildman–Crippen LogP) is 0.283. The standard InChI is InChI=1S/C11H24N2O3/c1-3-16-11(14)6-8-13-10(9-15-2)5-4-7-12/h10,13H,3-9,12H2,1-2H3. The number of hydrogen-bond acceptors (Lipinski definition) is 5. The Balaban J connectivity index is 3.61. The van der Waals surface area contributed by atoms with Crippen molar-refractivity contribution in [2.45, 2.75) is 32.2 Å². The number of methoxy groups -OCH3 is 1. The van der Waals surface area contributed by atoms with Crippen molar-refractivity contribution < 1.29 is 14.3 Å². The average molecular weight is 232 g/mol. The second kappa shape index (κ2) is 10.9. The molecule has 3 N–H and O–H groups in total. The smallest absolute Gasteiger partial charge is 0.307 e. The van der Waals surface area contributed by atoms with Gasteiger partial charge in [0.15, 0.2) is 0 Å². The number of ether oxygens (including phenoxy) is 2. The Morgan fingerprint density at radius 2 is 2.25 bits per heavy atom. The zero-order chi connectivity index (χ0) is 12.2. The Bertz CT molecular complexity index is 177. The maximum absolute atomic E-state index is 11.1. The van der Waals surface area contributed by atoms with E-state index in [9.17, 15) is 4.79 Å². The molecule has 0 aromatic heterocycles. The van der Waals surface area contributed by atoms with Gasteiger partial charge in [0, 0.05) is 19.7 Å². The molecule has 1 atom stereocenters. The van der Waals surface area contributed by atoms with E-state index in [2.05, 4.69) is 5.32 Å².